The van der Waals surface area contributed by atoms with Crippen LogP contribution in [0.4, 0.5) is 0 Å². The molecule has 0 fully saturated rings. The minimum Gasteiger partial charge on any atom is -0.271 e. The number of pyridine rings is 1. The first-order chi connectivity index (χ1) is 9.06. The molecule has 2 rings (SSSR count). The maximum absolute atomic E-state index is 6.27. The van der Waals surface area contributed by atoms with E-state index in [0.29, 0.717) is 5.02 Å². The van der Waals surface area contributed by atoms with Crippen molar-refractivity contribution in [2.45, 2.75) is 32.9 Å². The summed E-state index contributed by atoms with van der Waals surface area (Å²) in [5.41, 5.74) is 5.77. The smallest absolute Gasteiger partial charge is 0.0910 e. The molecular weight excluding hydrogens is 262 g/mol. The number of halogens is 1. The van der Waals surface area contributed by atoms with Crippen molar-refractivity contribution in [3.8, 4) is 0 Å². The highest BCUT2D eigenvalue weighted by molar-refractivity contribution is 6.31. The fraction of sp³-hybridized carbons (Fsp3) is 0.385. The minimum absolute atomic E-state index is 0.204. The fourth-order valence-corrected chi connectivity index (χ4v) is 2.37. The van der Waals surface area contributed by atoms with Crippen molar-refractivity contribution in [1.29, 1.82) is 0 Å². The molecule has 0 saturated carbocycles. The van der Waals surface area contributed by atoms with Crippen molar-refractivity contribution in [3.63, 3.8) is 0 Å². The van der Waals surface area contributed by atoms with Gasteiger partial charge in [-0.3, -0.25) is 15.5 Å². The number of hydrogen-bond acceptors (Lipinski definition) is 4. The predicted molar refractivity (Wildman–Crippen MR) is 75.8 cm³/mol. The average Bonchev–Trinajstić information content (AvgIpc) is 2.75. The lowest BCUT2D eigenvalue weighted by molar-refractivity contribution is 0.475. The summed E-state index contributed by atoms with van der Waals surface area (Å²) in [7, 11) is 0. The Morgan fingerprint density at radius 2 is 2.11 bits per heavy atom. The number of hydrogen-bond donors (Lipinski definition) is 2. The molecule has 2 aromatic rings. The van der Waals surface area contributed by atoms with Crippen molar-refractivity contribution in [2.24, 2.45) is 5.84 Å². The highest BCUT2D eigenvalue weighted by Gasteiger charge is 2.23. The third-order valence-electron chi connectivity index (χ3n) is 3.11. The van der Waals surface area contributed by atoms with Crippen LogP contribution in [0, 0.1) is 6.92 Å². The second-order valence-corrected chi connectivity index (χ2v) is 5.16. The summed E-state index contributed by atoms with van der Waals surface area (Å²) < 4.78 is 1.87. The van der Waals surface area contributed by atoms with Crippen molar-refractivity contribution < 1.29 is 0 Å². The van der Waals surface area contributed by atoms with Gasteiger partial charge in [-0.05, 0) is 38.0 Å². The topological polar surface area (TPSA) is 68.8 Å². The Balaban J connectivity index is 2.55. The van der Waals surface area contributed by atoms with E-state index in [1.807, 2.05) is 17.7 Å². The van der Waals surface area contributed by atoms with E-state index in [1.165, 1.54) is 0 Å². The van der Waals surface area contributed by atoms with Gasteiger partial charge < -0.3 is 0 Å². The number of nitrogens with zero attached hydrogens (tertiary/aromatic N) is 3. The molecule has 0 bridgehead atoms. The summed E-state index contributed by atoms with van der Waals surface area (Å²) >= 11 is 6.27. The molecule has 6 heteroatoms. The zero-order chi connectivity index (χ0) is 14.0. The molecule has 1 unspecified atom stereocenters. The Bertz CT molecular complexity index is 564. The third-order valence-corrected chi connectivity index (χ3v) is 3.40. The summed E-state index contributed by atoms with van der Waals surface area (Å²) in [5, 5.41) is 4.91. The van der Waals surface area contributed by atoms with E-state index < -0.39 is 0 Å². The molecule has 1 atom stereocenters. The molecule has 0 aliphatic heterocycles. The first-order valence-electron chi connectivity index (χ1n) is 6.15. The quantitative estimate of drug-likeness (QED) is 0.666. The van der Waals surface area contributed by atoms with E-state index in [-0.39, 0.29) is 12.1 Å². The van der Waals surface area contributed by atoms with Crippen LogP contribution in [0.3, 0.4) is 0 Å². The number of nitrogens with one attached hydrogen (secondary N) is 1. The monoisotopic (exact) mass is 279 g/mol. The Labute approximate surface area is 117 Å². The fourth-order valence-electron chi connectivity index (χ4n) is 2.13. The van der Waals surface area contributed by atoms with E-state index in [4.69, 9.17) is 17.4 Å². The number of hydrazine groups is 1. The van der Waals surface area contributed by atoms with Crippen molar-refractivity contribution >= 4 is 11.6 Å². The molecule has 5 nitrogen and oxygen atoms in total. The molecule has 0 radical (unpaired) electrons. The van der Waals surface area contributed by atoms with E-state index in [2.05, 4.69) is 29.4 Å². The van der Waals surface area contributed by atoms with E-state index >= 15 is 0 Å². The van der Waals surface area contributed by atoms with E-state index in [1.54, 1.807) is 18.6 Å². The zero-order valence-corrected chi connectivity index (χ0v) is 12.0. The van der Waals surface area contributed by atoms with Crippen molar-refractivity contribution in [3.05, 3.63) is 46.5 Å². The van der Waals surface area contributed by atoms with Crippen LogP contribution in [0.25, 0.3) is 0 Å². The Kier molecular flexibility index (Phi) is 4.19. The molecule has 0 aromatic carbocycles. The van der Waals surface area contributed by atoms with Crippen LogP contribution in [0.2, 0.25) is 5.02 Å². The normalized spacial score (nSPS) is 12.9. The summed E-state index contributed by atoms with van der Waals surface area (Å²) in [6.45, 7) is 6.12. The predicted octanol–water partition coefficient (Wildman–Crippen LogP) is 2.37. The van der Waals surface area contributed by atoms with Gasteiger partial charge in [-0.25, -0.2) is 5.43 Å². The molecular formula is C13H18ClN5. The van der Waals surface area contributed by atoms with Gasteiger partial charge in [0.25, 0.3) is 0 Å². The molecule has 0 spiro atoms. The van der Waals surface area contributed by atoms with Gasteiger partial charge in [-0.1, -0.05) is 11.6 Å². The molecule has 0 saturated heterocycles. The van der Waals surface area contributed by atoms with Gasteiger partial charge >= 0.3 is 0 Å². The number of aromatic nitrogens is 3. The van der Waals surface area contributed by atoms with Crippen LogP contribution in [0.1, 0.15) is 42.8 Å². The molecule has 102 valence electrons. The second-order valence-electron chi connectivity index (χ2n) is 4.75. The minimum atomic E-state index is -0.230. The lowest BCUT2D eigenvalue weighted by Gasteiger charge is -2.21. The summed E-state index contributed by atoms with van der Waals surface area (Å²) in [4.78, 5) is 4.16. The van der Waals surface area contributed by atoms with Crippen LogP contribution >= 0.6 is 11.6 Å². The van der Waals surface area contributed by atoms with Crippen LogP contribution < -0.4 is 11.3 Å². The van der Waals surface area contributed by atoms with Gasteiger partial charge in [-0.15, -0.1) is 0 Å². The third kappa shape index (κ3) is 2.63. The standard InChI is InChI=1S/C13H18ClN5/c1-8(2)19-13(11(14)7-17-19)12(18-15)10-6-16-5-4-9(10)3/h4-8,12,18H,15H2,1-3H3. The largest absolute Gasteiger partial charge is 0.271 e. The molecule has 2 aromatic heterocycles. The van der Waals surface area contributed by atoms with Gasteiger partial charge in [0, 0.05) is 18.4 Å². The molecule has 0 amide bonds. The molecule has 0 aliphatic carbocycles. The highest BCUT2D eigenvalue weighted by Crippen LogP contribution is 2.30. The first kappa shape index (κ1) is 14.0. The van der Waals surface area contributed by atoms with Gasteiger partial charge in [0.1, 0.15) is 0 Å². The SMILES string of the molecule is Cc1ccncc1C(NN)c1c(Cl)cnn1C(C)C. The zero-order valence-electron chi connectivity index (χ0n) is 11.3. The number of rotatable bonds is 4. The number of nitrogens with two attached hydrogens (primary N) is 1. The Morgan fingerprint density at radius 1 is 1.37 bits per heavy atom. The molecule has 3 N–H and O–H groups in total. The molecule has 19 heavy (non-hydrogen) atoms. The molecule has 0 aliphatic rings. The van der Waals surface area contributed by atoms with Crippen LogP contribution in [0.5, 0.6) is 0 Å². The van der Waals surface area contributed by atoms with Gasteiger partial charge in [0.05, 0.1) is 23.0 Å². The highest BCUT2D eigenvalue weighted by atomic mass is 35.5. The lowest BCUT2D eigenvalue weighted by Crippen LogP contribution is -2.32. The lowest BCUT2D eigenvalue weighted by atomic mass is 10.0. The second kappa shape index (κ2) is 5.69. The van der Waals surface area contributed by atoms with Gasteiger partial charge in [0.15, 0.2) is 0 Å². The first-order valence-corrected chi connectivity index (χ1v) is 6.53. The van der Waals surface area contributed by atoms with Crippen LogP contribution in [0.15, 0.2) is 24.7 Å². The van der Waals surface area contributed by atoms with Crippen LogP contribution in [-0.4, -0.2) is 14.8 Å². The summed E-state index contributed by atoms with van der Waals surface area (Å²) in [6, 6.07) is 1.92. The maximum Gasteiger partial charge on any atom is 0.0910 e. The Morgan fingerprint density at radius 3 is 2.68 bits per heavy atom. The van der Waals surface area contributed by atoms with Crippen molar-refractivity contribution in [1.82, 2.24) is 20.2 Å². The summed E-state index contributed by atoms with van der Waals surface area (Å²) in [6.07, 6.45) is 5.20. The van der Waals surface area contributed by atoms with Crippen molar-refractivity contribution in [2.75, 3.05) is 0 Å². The van der Waals surface area contributed by atoms with Gasteiger partial charge in [0.2, 0.25) is 0 Å². The maximum atomic E-state index is 6.27. The Hall–Kier alpha value is -1.43. The summed E-state index contributed by atoms with van der Waals surface area (Å²) in [5.74, 6) is 5.73. The molecule has 2 heterocycles. The van der Waals surface area contributed by atoms with E-state index in [9.17, 15) is 0 Å². The van der Waals surface area contributed by atoms with E-state index in [0.717, 1.165) is 16.8 Å². The van der Waals surface area contributed by atoms with Crippen LogP contribution in [-0.2, 0) is 0 Å². The average molecular weight is 280 g/mol. The number of aryl methyl sites for hydroxylation is 1. The van der Waals surface area contributed by atoms with Gasteiger partial charge in [-0.2, -0.15) is 5.10 Å².